The van der Waals surface area contributed by atoms with Crippen LogP contribution in [0.4, 0.5) is 0 Å². The summed E-state index contributed by atoms with van der Waals surface area (Å²) in [5.74, 6) is 3.38. The van der Waals surface area contributed by atoms with Crippen molar-refractivity contribution in [1.82, 2.24) is 5.32 Å². The molecule has 1 heterocycles. The van der Waals surface area contributed by atoms with Gasteiger partial charge in [-0.15, -0.1) is 0 Å². The summed E-state index contributed by atoms with van der Waals surface area (Å²) >= 11 is 2.00. The van der Waals surface area contributed by atoms with Gasteiger partial charge < -0.3 is 5.32 Å². The maximum Gasteiger partial charge on any atom is 0.246 e. The molecule has 0 saturated carbocycles. The van der Waals surface area contributed by atoms with Gasteiger partial charge in [0.15, 0.2) is 0 Å². The topological polar surface area (TPSA) is 29.1 Å². The summed E-state index contributed by atoms with van der Waals surface area (Å²) in [6.07, 6.45) is 5.36. The third-order valence-electron chi connectivity index (χ3n) is 2.67. The van der Waals surface area contributed by atoms with Crippen LogP contribution in [0.25, 0.3) is 0 Å². The summed E-state index contributed by atoms with van der Waals surface area (Å²) in [6.45, 7) is 0.878. The van der Waals surface area contributed by atoms with Gasteiger partial charge >= 0.3 is 0 Å². The lowest BCUT2D eigenvalue weighted by molar-refractivity contribution is -0.118. The number of carbonyl (C=O) groups excluding carboxylic acids is 1. The largest absolute Gasteiger partial charge is 0.352 e. The summed E-state index contributed by atoms with van der Waals surface area (Å²) in [5.41, 5.74) is 0.991. The molecule has 1 aliphatic heterocycles. The van der Waals surface area contributed by atoms with Crippen molar-refractivity contribution in [3.8, 4) is 0 Å². The minimum atomic E-state index is 0.170. The minimum Gasteiger partial charge on any atom is -0.352 e. The number of amides is 1. The van der Waals surface area contributed by atoms with Crippen LogP contribution >= 0.6 is 11.8 Å². The van der Waals surface area contributed by atoms with Gasteiger partial charge in [0.05, 0.1) is 0 Å². The second-order valence-corrected chi connectivity index (χ2v) is 4.86. The fraction of sp³-hybridized carbons (Fsp3) is 0.700. The minimum absolute atomic E-state index is 0.170. The molecule has 0 aromatic carbocycles. The zero-order valence-electron chi connectivity index (χ0n) is 7.71. The van der Waals surface area contributed by atoms with Crippen LogP contribution in [0, 0.1) is 5.92 Å². The molecule has 2 nitrogen and oxygen atoms in total. The second-order valence-electron chi connectivity index (χ2n) is 3.71. The van der Waals surface area contributed by atoms with E-state index in [4.69, 9.17) is 0 Å². The molecule has 1 saturated heterocycles. The zero-order chi connectivity index (χ0) is 9.10. The van der Waals surface area contributed by atoms with Gasteiger partial charge in [-0.1, -0.05) is 6.08 Å². The predicted octanol–water partition coefficient (Wildman–Crippen LogP) is 1.58. The lowest BCUT2D eigenvalue weighted by Gasteiger charge is -2.15. The van der Waals surface area contributed by atoms with Crippen LogP contribution in [0.2, 0.25) is 0 Å². The first kappa shape index (κ1) is 9.13. The Morgan fingerprint density at radius 2 is 2.54 bits per heavy atom. The highest BCUT2D eigenvalue weighted by Gasteiger charge is 2.18. The molecule has 0 bridgehead atoms. The molecule has 2 aliphatic rings. The Hall–Kier alpha value is -0.440. The molecule has 0 radical (unpaired) electrons. The second kappa shape index (κ2) is 4.18. The predicted molar refractivity (Wildman–Crippen MR) is 55.8 cm³/mol. The van der Waals surface area contributed by atoms with E-state index in [1.807, 2.05) is 17.8 Å². The van der Waals surface area contributed by atoms with E-state index < -0.39 is 0 Å². The van der Waals surface area contributed by atoms with Crippen molar-refractivity contribution in [2.45, 2.75) is 19.3 Å². The summed E-state index contributed by atoms with van der Waals surface area (Å²) in [6, 6.07) is 0. The fourth-order valence-corrected chi connectivity index (χ4v) is 2.87. The molecular weight excluding hydrogens is 182 g/mol. The van der Waals surface area contributed by atoms with Crippen LogP contribution in [0.15, 0.2) is 11.6 Å². The third-order valence-corrected chi connectivity index (χ3v) is 3.90. The Kier molecular flexibility index (Phi) is 2.94. The SMILES string of the molecule is O=C(NCC1CCSC1)C1=CCC1. The van der Waals surface area contributed by atoms with E-state index in [0.29, 0.717) is 0 Å². The van der Waals surface area contributed by atoms with E-state index in [2.05, 4.69) is 5.32 Å². The van der Waals surface area contributed by atoms with Crippen LogP contribution < -0.4 is 5.32 Å². The van der Waals surface area contributed by atoms with E-state index in [0.717, 1.165) is 30.9 Å². The van der Waals surface area contributed by atoms with Crippen molar-refractivity contribution in [2.24, 2.45) is 5.92 Å². The highest BCUT2D eigenvalue weighted by atomic mass is 32.2. The van der Waals surface area contributed by atoms with Gasteiger partial charge in [0.2, 0.25) is 5.91 Å². The van der Waals surface area contributed by atoms with Crippen molar-refractivity contribution in [3.05, 3.63) is 11.6 Å². The molecule has 13 heavy (non-hydrogen) atoms. The van der Waals surface area contributed by atoms with Gasteiger partial charge in [-0.05, 0) is 36.7 Å². The molecule has 0 aromatic rings. The average molecular weight is 197 g/mol. The molecule has 2 rings (SSSR count). The highest BCUT2D eigenvalue weighted by Crippen LogP contribution is 2.23. The Balaban J connectivity index is 1.69. The molecule has 72 valence electrons. The van der Waals surface area contributed by atoms with Crippen LogP contribution in [0.3, 0.4) is 0 Å². The standard InChI is InChI=1S/C10H15NOS/c12-10(9-2-1-3-9)11-6-8-4-5-13-7-8/h2,8H,1,3-7H2,(H,11,12). The van der Waals surface area contributed by atoms with E-state index in [1.54, 1.807) is 0 Å². The maximum atomic E-state index is 11.4. The number of rotatable bonds is 3. The van der Waals surface area contributed by atoms with Crippen LogP contribution in [0.5, 0.6) is 0 Å². The Morgan fingerprint density at radius 1 is 1.69 bits per heavy atom. The normalized spacial score (nSPS) is 26.5. The van der Waals surface area contributed by atoms with E-state index in [9.17, 15) is 4.79 Å². The summed E-state index contributed by atoms with van der Waals surface area (Å²) < 4.78 is 0. The molecular formula is C10H15NOS. The van der Waals surface area contributed by atoms with Crippen LogP contribution in [-0.4, -0.2) is 24.0 Å². The molecule has 1 unspecified atom stereocenters. The van der Waals surface area contributed by atoms with E-state index >= 15 is 0 Å². The lowest BCUT2D eigenvalue weighted by atomic mass is 9.98. The molecule has 1 aliphatic carbocycles. The number of hydrogen-bond acceptors (Lipinski definition) is 2. The quantitative estimate of drug-likeness (QED) is 0.744. The number of allylic oxidation sites excluding steroid dienone is 1. The van der Waals surface area contributed by atoms with Crippen LogP contribution in [-0.2, 0) is 4.79 Å². The monoisotopic (exact) mass is 197 g/mol. The van der Waals surface area contributed by atoms with Gasteiger partial charge in [0, 0.05) is 12.1 Å². The highest BCUT2D eigenvalue weighted by molar-refractivity contribution is 7.99. The van der Waals surface area contributed by atoms with E-state index in [-0.39, 0.29) is 5.91 Å². The summed E-state index contributed by atoms with van der Waals surface area (Å²) in [5, 5.41) is 3.01. The molecule has 1 N–H and O–H groups in total. The van der Waals surface area contributed by atoms with Crippen LogP contribution in [0.1, 0.15) is 19.3 Å². The number of thioether (sulfide) groups is 1. The van der Waals surface area contributed by atoms with Crippen molar-refractivity contribution in [3.63, 3.8) is 0 Å². The first-order chi connectivity index (χ1) is 6.36. The zero-order valence-corrected chi connectivity index (χ0v) is 8.53. The van der Waals surface area contributed by atoms with Gasteiger partial charge in [-0.3, -0.25) is 4.79 Å². The van der Waals surface area contributed by atoms with Crippen molar-refractivity contribution >= 4 is 17.7 Å². The molecule has 1 amide bonds. The van der Waals surface area contributed by atoms with Gasteiger partial charge in [0.1, 0.15) is 0 Å². The molecule has 1 atom stereocenters. The molecule has 3 heteroatoms. The third kappa shape index (κ3) is 2.27. The molecule has 1 fully saturated rings. The van der Waals surface area contributed by atoms with Gasteiger partial charge in [-0.2, -0.15) is 11.8 Å². The van der Waals surface area contributed by atoms with Crippen molar-refractivity contribution < 1.29 is 4.79 Å². The van der Waals surface area contributed by atoms with E-state index in [1.165, 1.54) is 17.9 Å². The number of hydrogen-bond donors (Lipinski definition) is 1. The Bertz CT molecular complexity index is 231. The fourth-order valence-electron chi connectivity index (χ4n) is 1.59. The smallest absolute Gasteiger partial charge is 0.246 e. The number of nitrogens with one attached hydrogen (secondary N) is 1. The Morgan fingerprint density at radius 3 is 3.08 bits per heavy atom. The first-order valence-electron chi connectivity index (χ1n) is 4.91. The van der Waals surface area contributed by atoms with Gasteiger partial charge in [0.25, 0.3) is 0 Å². The lowest BCUT2D eigenvalue weighted by Crippen LogP contribution is -2.31. The maximum absolute atomic E-state index is 11.4. The first-order valence-corrected chi connectivity index (χ1v) is 6.06. The average Bonchev–Trinajstić information content (AvgIpc) is 2.49. The molecule has 0 spiro atoms. The number of carbonyl (C=O) groups is 1. The summed E-state index contributed by atoms with van der Waals surface area (Å²) in [7, 11) is 0. The summed E-state index contributed by atoms with van der Waals surface area (Å²) in [4.78, 5) is 11.4. The van der Waals surface area contributed by atoms with Gasteiger partial charge in [-0.25, -0.2) is 0 Å². The van der Waals surface area contributed by atoms with Crippen molar-refractivity contribution in [2.75, 3.05) is 18.1 Å². The van der Waals surface area contributed by atoms with Crippen molar-refractivity contribution in [1.29, 1.82) is 0 Å². The Labute approximate surface area is 83.2 Å². The molecule has 0 aromatic heterocycles.